The quantitative estimate of drug-likeness (QED) is 0.671. The molecule has 2 heterocycles. The van der Waals surface area contributed by atoms with Gasteiger partial charge in [0.25, 0.3) is 0 Å². The summed E-state index contributed by atoms with van der Waals surface area (Å²) in [5, 5.41) is 5.84. The third-order valence-corrected chi connectivity index (χ3v) is 4.71. The molecule has 2 amide bonds. The number of nitrogens with one attached hydrogen (secondary N) is 1. The Morgan fingerprint density at radius 1 is 1.21 bits per heavy atom. The first-order valence-electron chi connectivity index (χ1n) is 7.98. The summed E-state index contributed by atoms with van der Waals surface area (Å²) in [6, 6.07) is 11.8. The lowest BCUT2D eigenvalue weighted by atomic mass is 10.0. The first kappa shape index (κ1) is 16.4. The molecule has 0 bridgehead atoms. The van der Waals surface area contributed by atoms with Gasteiger partial charge in [-0.25, -0.2) is 5.43 Å². The topological polar surface area (TPSA) is 61.8 Å². The molecule has 1 aliphatic heterocycles. The van der Waals surface area contributed by atoms with Gasteiger partial charge in [0, 0.05) is 30.0 Å². The Hall–Kier alpha value is -2.47. The molecule has 1 N–H and O–H groups in total. The average Bonchev–Trinajstić information content (AvgIpc) is 3.12. The molecule has 0 saturated heterocycles. The average molecular weight is 341 g/mol. The lowest BCUT2D eigenvalue weighted by molar-refractivity contribution is -0.125. The van der Waals surface area contributed by atoms with Gasteiger partial charge in [-0.2, -0.15) is 5.10 Å². The van der Waals surface area contributed by atoms with E-state index >= 15 is 0 Å². The molecule has 0 unspecified atom stereocenters. The molecule has 0 fully saturated rings. The number of rotatable bonds is 5. The van der Waals surface area contributed by atoms with E-state index in [9.17, 15) is 9.59 Å². The van der Waals surface area contributed by atoms with E-state index < -0.39 is 0 Å². The summed E-state index contributed by atoms with van der Waals surface area (Å²) in [5.41, 5.74) is 4.64. The number of nitrogens with zero attached hydrogens (tertiary/aromatic N) is 2. The van der Waals surface area contributed by atoms with Crippen molar-refractivity contribution in [1.29, 1.82) is 0 Å². The second kappa shape index (κ2) is 7.88. The maximum atomic E-state index is 12.4. The molecule has 24 heavy (non-hydrogen) atoms. The molecule has 0 aliphatic carbocycles. The SMILES string of the molecule is O=C(CCC(=O)N1CCCc2ccccc21)NN=Cc1cccs1. The van der Waals surface area contributed by atoms with Gasteiger partial charge in [0.15, 0.2) is 0 Å². The molecule has 1 aliphatic rings. The second-order valence-electron chi connectivity index (χ2n) is 5.59. The van der Waals surface area contributed by atoms with Crippen LogP contribution in [0.25, 0.3) is 0 Å². The molecule has 124 valence electrons. The van der Waals surface area contributed by atoms with Crippen LogP contribution in [0.15, 0.2) is 46.9 Å². The summed E-state index contributed by atoms with van der Waals surface area (Å²) >= 11 is 1.54. The number of hydrazone groups is 1. The molecule has 0 saturated carbocycles. The normalized spacial score (nSPS) is 13.8. The largest absolute Gasteiger partial charge is 0.312 e. The molecule has 1 aromatic heterocycles. The number of hydrogen-bond donors (Lipinski definition) is 1. The number of anilines is 1. The molecular weight excluding hydrogens is 322 g/mol. The third kappa shape index (κ3) is 4.08. The van der Waals surface area contributed by atoms with E-state index in [1.165, 1.54) is 5.56 Å². The standard InChI is InChI=1S/C18H19N3O2S/c22-17(20-19-13-15-7-4-12-24-15)9-10-18(23)21-11-3-6-14-5-1-2-8-16(14)21/h1-2,4-5,7-8,12-13H,3,6,9-11H2,(H,20,22). The van der Waals surface area contributed by atoms with Gasteiger partial charge in [0.05, 0.1) is 6.21 Å². The first-order valence-corrected chi connectivity index (χ1v) is 8.86. The fourth-order valence-electron chi connectivity index (χ4n) is 2.74. The number of thiophene rings is 1. The number of carbonyl (C=O) groups excluding carboxylic acids is 2. The molecule has 1 aromatic carbocycles. The predicted octanol–water partition coefficient (Wildman–Crippen LogP) is 2.96. The van der Waals surface area contributed by atoms with Gasteiger partial charge in [-0.15, -0.1) is 11.3 Å². The fourth-order valence-corrected chi connectivity index (χ4v) is 3.32. The molecular formula is C18H19N3O2S. The molecule has 0 atom stereocenters. The van der Waals surface area contributed by atoms with E-state index in [-0.39, 0.29) is 24.7 Å². The van der Waals surface area contributed by atoms with Crippen LogP contribution in [0.3, 0.4) is 0 Å². The summed E-state index contributed by atoms with van der Waals surface area (Å²) in [7, 11) is 0. The van der Waals surface area contributed by atoms with Crippen molar-refractivity contribution in [1.82, 2.24) is 5.43 Å². The van der Waals surface area contributed by atoms with E-state index in [0.29, 0.717) is 6.54 Å². The van der Waals surface area contributed by atoms with Gasteiger partial charge in [0.1, 0.15) is 0 Å². The van der Waals surface area contributed by atoms with Crippen LogP contribution in [-0.4, -0.2) is 24.6 Å². The Labute approximate surface area is 145 Å². The van der Waals surface area contributed by atoms with Gasteiger partial charge in [-0.3, -0.25) is 9.59 Å². The highest BCUT2D eigenvalue weighted by Crippen LogP contribution is 2.27. The lowest BCUT2D eigenvalue weighted by Gasteiger charge is -2.29. The first-order chi connectivity index (χ1) is 11.7. The number of carbonyl (C=O) groups is 2. The zero-order valence-electron chi connectivity index (χ0n) is 13.3. The van der Waals surface area contributed by atoms with E-state index in [1.807, 2.05) is 35.7 Å². The number of benzene rings is 1. The monoisotopic (exact) mass is 341 g/mol. The third-order valence-electron chi connectivity index (χ3n) is 3.90. The highest BCUT2D eigenvalue weighted by molar-refractivity contribution is 7.11. The Kier molecular flexibility index (Phi) is 5.38. The van der Waals surface area contributed by atoms with E-state index in [2.05, 4.69) is 16.6 Å². The van der Waals surface area contributed by atoms with Crippen molar-refractivity contribution in [2.75, 3.05) is 11.4 Å². The van der Waals surface area contributed by atoms with Crippen molar-refractivity contribution < 1.29 is 9.59 Å². The Balaban J connectivity index is 1.50. The van der Waals surface area contributed by atoms with Crippen molar-refractivity contribution in [3.8, 4) is 0 Å². The minimum Gasteiger partial charge on any atom is -0.312 e. The van der Waals surface area contributed by atoms with Crippen molar-refractivity contribution in [2.24, 2.45) is 5.10 Å². The van der Waals surface area contributed by atoms with Gasteiger partial charge < -0.3 is 4.90 Å². The summed E-state index contributed by atoms with van der Waals surface area (Å²) in [4.78, 5) is 27.0. The zero-order chi connectivity index (χ0) is 16.8. The van der Waals surface area contributed by atoms with Crippen LogP contribution in [0, 0.1) is 0 Å². The smallest absolute Gasteiger partial charge is 0.240 e. The maximum absolute atomic E-state index is 12.4. The summed E-state index contributed by atoms with van der Waals surface area (Å²) < 4.78 is 0. The van der Waals surface area contributed by atoms with Gasteiger partial charge >= 0.3 is 0 Å². The van der Waals surface area contributed by atoms with Crippen LogP contribution in [0.5, 0.6) is 0 Å². The number of fused-ring (bicyclic) bond motifs is 1. The minimum atomic E-state index is -0.249. The molecule has 0 spiro atoms. The van der Waals surface area contributed by atoms with E-state index in [4.69, 9.17) is 0 Å². The summed E-state index contributed by atoms with van der Waals surface area (Å²) in [5.74, 6) is -0.263. The Bertz CT molecular complexity index is 740. The van der Waals surface area contributed by atoms with Crippen LogP contribution in [0.2, 0.25) is 0 Å². The Morgan fingerprint density at radius 3 is 2.92 bits per heavy atom. The van der Waals surface area contributed by atoms with Gasteiger partial charge in [-0.05, 0) is 35.9 Å². The van der Waals surface area contributed by atoms with E-state index in [1.54, 1.807) is 22.5 Å². The van der Waals surface area contributed by atoms with Gasteiger partial charge in [-0.1, -0.05) is 24.3 Å². The molecule has 5 nitrogen and oxygen atoms in total. The lowest BCUT2D eigenvalue weighted by Crippen LogP contribution is -2.36. The van der Waals surface area contributed by atoms with Crippen LogP contribution < -0.4 is 10.3 Å². The van der Waals surface area contributed by atoms with Crippen molar-refractivity contribution in [2.45, 2.75) is 25.7 Å². The van der Waals surface area contributed by atoms with Crippen LogP contribution in [0.4, 0.5) is 5.69 Å². The highest BCUT2D eigenvalue weighted by Gasteiger charge is 2.22. The number of hydrogen-bond acceptors (Lipinski definition) is 4. The van der Waals surface area contributed by atoms with Crippen LogP contribution in [-0.2, 0) is 16.0 Å². The molecule has 3 rings (SSSR count). The Morgan fingerprint density at radius 2 is 2.08 bits per heavy atom. The van der Waals surface area contributed by atoms with E-state index in [0.717, 1.165) is 23.4 Å². The predicted molar refractivity (Wildman–Crippen MR) is 96.4 cm³/mol. The van der Waals surface area contributed by atoms with Crippen molar-refractivity contribution in [3.63, 3.8) is 0 Å². The molecule has 6 heteroatoms. The zero-order valence-corrected chi connectivity index (χ0v) is 14.1. The molecule has 2 aromatic rings. The summed E-state index contributed by atoms with van der Waals surface area (Å²) in [6.07, 6.45) is 3.89. The van der Waals surface area contributed by atoms with Crippen LogP contribution in [0.1, 0.15) is 29.7 Å². The maximum Gasteiger partial charge on any atom is 0.240 e. The highest BCUT2D eigenvalue weighted by atomic mass is 32.1. The van der Waals surface area contributed by atoms with Crippen LogP contribution >= 0.6 is 11.3 Å². The molecule has 0 radical (unpaired) electrons. The van der Waals surface area contributed by atoms with Crippen molar-refractivity contribution in [3.05, 3.63) is 52.2 Å². The van der Waals surface area contributed by atoms with Gasteiger partial charge in [0.2, 0.25) is 11.8 Å². The number of para-hydroxylation sites is 1. The summed E-state index contributed by atoms with van der Waals surface area (Å²) in [6.45, 7) is 0.716. The fraction of sp³-hybridized carbons (Fsp3) is 0.278. The minimum absolute atomic E-state index is 0.0143. The number of aryl methyl sites for hydroxylation is 1. The second-order valence-corrected chi connectivity index (χ2v) is 6.57. The number of amides is 2. The van der Waals surface area contributed by atoms with Crippen molar-refractivity contribution >= 4 is 35.1 Å².